The van der Waals surface area contributed by atoms with E-state index in [1.807, 2.05) is 0 Å². The summed E-state index contributed by atoms with van der Waals surface area (Å²) in [7, 11) is 0. The molecule has 2 nitrogen and oxygen atoms in total. The van der Waals surface area contributed by atoms with Crippen LogP contribution < -0.4 is 0 Å². The van der Waals surface area contributed by atoms with Gasteiger partial charge in [-0.2, -0.15) is 0 Å². The molecular formula is C8H15NO. The highest BCUT2D eigenvalue weighted by molar-refractivity contribution is 5.33. The summed E-state index contributed by atoms with van der Waals surface area (Å²) in [5.41, 5.74) is 0. The van der Waals surface area contributed by atoms with Crippen molar-refractivity contribution in [3.63, 3.8) is 0 Å². The fourth-order valence-corrected chi connectivity index (χ4v) is 0.910. The Hall–Kier alpha value is -0.620. The third-order valence-corrected chi connectivity index (χ3v) is 1.57. The molecule has 58 valence electrons. The first-order valence-electron chi connectivity index (χ1n) is 3.79. The quantitative estimate of drug-likeness (QED) is 0.435. The number of aliphatic imine (C=N–C) groups is 1. The maximum absolute atomic E-state index is 9.90. The Labute approximate surface area is 62.4 Å². The first-order valence-corrected chi connectivity index (χ1v) is 3.79. The molecular weight excluding hydrogens is 126 g/mol. The molecule has 0 heterocycles. The largest absolute Gasteiger partial charge is 0.235 e. The predicted octanol–water partition coefficient (Wildman–Crippen LogP) is 2.15. The van der Waals surface area contributed by atoms with Crippen LogP contribution >= 0.6 is 0 Å². The van der Waals surface area contributed by atoms with Crippen molar-refractivity contribution in [1.82, 2.24) is 0 Å². The summed E-state index contributed by atoms with van der Waals surface area (Å²) in [4.78, 5) is 13.6. The molecule has 0 aromatic rings. The first-order chi connectivity index (χ1) is 4.72. The Bertz CT molecular complexity index is 125. The number of nitrogens with zero attached hydrogens (tertiary/aromatic N) is 1. The topological polar surface area (TPSA) is 29.4 Å². The molecule has 0 aliphatic rings. The van der Waals surface area contributed by atoms with E-state index in [-0.39, 0.29) is 6.04 Å². The second kappa shape index (κ2) is 5.19. The van der Waals surface area contributed by atoms with Gasteiger partial charge in [-0.05, 0) is 12.3 Å². The van der Waals surface area contributed by atoms with Gasteiger partial charge < -0.3 is 0 Å². The van der Waals surface area contributed by atoms with Crippen molar-refractivity contribution in [3.05, 3.63) is 0 Å². The molecule has 0 bridgehead atoms. The van der Waals surface area contributed by atoms with E-state index in [9.17, 15) is 4.79 Å². The SMILES string of the molecule is CCCC(N=C=O)C(C)C. The van der Waals surface area contributed by atoms with Crippen molar-refractivity contribution in [2.45, 2.75) is 39.7 Å². The van der Waals surface area contributed by atoms with E-state index in [0.29, 0.717) is 5.92 Å². The van der Waals surface area contributed by atoms with Crippen molar-refractivity contribution in [2.24, 2.45) is 10.9 Å². The minimum absolute atomic E-state index is 0.183. The highest BCUT2D eigenvalue weighted by Gasteiger charge is 2.09. The van der Waals surface area contributed by atoms with Gasteiger partial charge in [0.05, 0.1) is 6.04 Å². The maximum atomic E-state index is 9.90. The van der Waals surface area contributed by atoms with Crippen LogP contribution in [0.2, 0.25) is 0 Å². The Morgan fingerprint density at radius 2 is 2.10 bits per heavy atom. The maximum Gasteiger partial charge on any atom is 0.235 e. The van der Waals surface area contributed by atoms with E-state index in [0.717, 1.165) is 12.8 Å². The van der Waals surface area contributed by atoms with Gasteiger partial charge >= 0.3 is 0 Å². The van der Waals surface area contributed by atoms with Crippen LogP contribution in [0.15, 0.2) is 4.99 Å². The molecule has 0 aromatic carbocycles. The lowest BCUT2D eigenvalue weighted by atomic mass is 10.0. The van der Waals surface area contributed by atoms with Crippen molar-refractivity contribution in [2.75, 3.05) is 0 Å². The molecule has 0 rings (SSSR count). The van der Waals surface area contributed by atoms with E-state index in [1.165, 1.54) is 0 Å². The second-order valence-electron chi connectivity index (χ2n) is 2.82. The minimum atomic E-state index is 0.183. The van der Waals surface area contributed by atoms with Crippen LogP contribution in [0, 0.1) is 5.92 Å². The monoisotopic (exact) mass is 141 g/mol. The minimum Gasteiger partial charge on any atom is -0.211 e. The summed E-state index contributed by atoms with van der Waals surface area (Å²) in [6.07, 6.45) is 3.68. The van der Waals surface area contributed by atoms with E-state index in [2.05, 4.69) is 25.8 Å². The Kier molecular flexibility index (Phi) is 4.87. The lowest BCUT2D eigenvalue weighted by molar-refractivity contribution is 0.456. The normalized spacial score (nSPS) is 12.8. The molecule has 0 radical (unpaired) electrons. The molecule has 0 N–H and O–H groups in total. The fraction of sp³-hybridized carbons (Fsp3) is 0.875. The summed E-state index contributed by atoms with van der Waals surface area (Å²) in [6, 6.07) is 0.183. The summed E-state index contributed by atoms with van der Waals surface area (Å²) in [5.74, 6) is 0.460. The van der Waals surface area contributed by atoms with Gasteiger partial charge in [0.15, 0.2) is 0 Å². The zero-order valence-corrected chi connectivity index (χ0v) is 6.92. The molecule has 0 aliphatic carbocycles. The van der Waals surface area contributed by atoms with Crippen LogP contribution in [0.3, 0.4) is 0 Å². The molecule has 0 saturated carbocycles. The van der Waals surface area contributed by atoms with Crippen LogP contribution in [0.4, 0.5) is 0 Å². The van der Waals surface area contributed by atoms with Gasteiger partial charge in [-0.15, -0.1) is 0 Å². The van der Waals surface area contributed by atoms with Crippen molar-refractivity contribution in [1.29, 1.82) is 0 Å². The van der Waals surface area contributed by atoms with Gasteiger partial charge in [-0.3, -0.25) is 0 Å². The molecule has 1 atom stereocenters. The van der Waals surface area contributed by atoms with Crippen LogP contribution in [0.5, 0.6) is 0 Å². The van der Waals surface area contributed by atoms with Crippen molar-refractivity contribution < 1.29 is 4.79 Å². The summed E-state index contributed by atoms with van der Waals surface area (Å²) >= 11 is 0. The first kappa shape index (κ1) is 9.38. The van der Waals surface area contributed by atoms with E-state index >= 15 is 0 Å². The van der Waals surface area contributed by atoms with Crippen molar-refractivity contribution >= 4 is 6.08 Å². The van der Waals surface area contributed by atoms with Crippen molar-refractivity contribution in [3.8, 4) is 0 Å². The highest BCUT2D eigenvalue weighted by atomic mass is 16.1. The number of rotatable bonds is 4. The number of isocyanates is 1. The number of hydrogen-bond acceptors (Lipinski definition) is 2. The average molecular weight is 141 g/mol. The predicted molar refractivity (Wildman–Crippen MR) is 41.7 cm³/mol. The molecule has 10 heavy (non-hydrogen) atoms. The van der Waals surface area contributed by atoms with Gasteiger partial charge in [-0.1, -0.05) is 27.2 Å². The third kappa shape index (κ3) is 3.41. The van der Waals surface area contributed by atoms with Gasteiger partial charge in [0.1, 0.15) is 0 Å². The van der Waals surface area contributed by atoms with Crippen LogP contribution in [-0.2, 0) is 4.79 Å². The summed E-state index contributed by atoms with van der Waals surface area (Å²) in [5, 5.41) is 0. The molecule has 0 fully saturated rings. The van der Waals surface area contributed by atoms with E-state index in [1.54, 1.807) is 6.08 Å². The molecule has 2 heteroatoms. The molecule has 1 unspecified atom stereocenters. The molecule has 0 aliphatic heterocycles. The smallest absolute Gasteiger partial charge is 0.211 e. The lowest BCUT2D eigenvalue weighted by Crippen LogP contribution is -2.11. The van der Waals surface area contributed by atoms with Gasteiger partial charge in [0, 0.05) is 0 Å². The molecule has 0 aromatic heterocycles. The highest BCUT2D eigenvalue weighted by Crippen LogP contribution is 2.11. The molecule has 0 spiro atoms. The average Bonchev–Trinajstić information content (AvgIpc) is 1.87. The van der Waals surface area contributed by atoms with Crippen LogP contribution in [0.25, 0.3) is 0 Å². The number of hydrogen-bond donors (Lipinski definition) is 0. The standard InChI is InChI=1S/C8H15NO/c1-4-5-8(7(2)3)9-6-10/h7-8H,4-5H2,1-3H3. The Balaban J connectivity index is 3.84. The zero-order valence-electron chi connectivity index (χ0n) is 6.92. The van der Waals surface area contributed by atoms with Gasteiger partial charge in [0.25, 0.3) is 0 Å². The molecule has 0 saturated heterocycles. The molecule has 0 amide bonds. The van der Waals surface area contributed by atoms with Gasteiger partial charge in [0.2, 0.25) is 6.08 Å². The fourth-order valence-electron chi connectivity index (χ4n) is 0.910. The van der Waals surface area contributed by atoms with Crippen LogP contribution in [0.1, 0.15) is 33.6 Å². The third-order valence-electron chi connectivity index (χ3n) is 1.57. The zero-order chi connectivity index (χ0) is 7.98. The van der Waals surface area contributed by atoms with E-state index < -0.39 is 0 Å². The Morgan fingerprint density at radius 1 is 1.50 bits per heavy atom. The number of carbonyl (C=O) groups excluding carboxylic acids is 1. The van der Waals surface area contributed by atoms with E-state index in [4.69, 9.17) is 0 Å². The summed E-state index contributed by atoms with van der Waals surface area (Å²) in [6.45, 7) is 6.23. The second-order valence-corrected chi connectivity index (χ2v) is 2.82. The van der Waals surface area contributed by atoms with Gasteiger partial charge in [-0.25, -0.2) is 9.79 Å². The Morgan fingerprint density at radius 3 is 2.40 bits per heavy atom. The lowest BCUT2D eigenvalue weighted by Gasteiger charge is -2.11. The summed E-state index contributed by atoms with van der Waals surface area (Å²) < 4.78 is 0. The van der Waals surface area contributed by atoms with Crippen LogP contribution in [-0.4, -0.2) is 12.1 Å².